The van der Waals surface area contributed by atoms with Gasteiger partial charge in [-0.15, -0.1) is 0 Å². The summed E-state index contributed by atoms with van der Waals surface area (Å²) in [6.07, 6.45) is -0.0131. The van der Waals surface area contributed by atoms with Crippen molar-refractivity contribution in [1.82, 2.24) is 15.2 Å². The van der Waals surface area contributed by atoms with E-state index in [0.717, 1.165) is 40.5 Å². The van der Waals surface area contributed by atoms with Gasteiger partial charge in [0.25, 0.3) is 0 Å². The molecule has 1 amide bonds. The third kappa shape index (κ3) is 8.72. The predicted molar refractivity (Wildman–Crippen MR) is 172 cm³/mol. The van der Waals surface area contributed by atoms with Gasteiger partial charge in [0.2, 0.25) is 5.91 Å². The maximum absolute atomic E-state index is 13.6. The third-order valence-electron chi connectivity index (χ3n) is 7.49. The molecule has 0 fully saturated rings. The SMILES string of the molecule is CCOC(=O)C(Cc1ccc(CN(CC)CC)cc1)NC(=O)CC(c1ccccc1)N(c1ccc2ccccc2n1)S(=O)[O-]. The topological polar surface area (TPSA) is 115 Å². The molecule has 0 aliphatic carbocycles. The number of hydrogen-bond acceptors (Lipinski definition) is 7. The van der Waals surface area contributed by atoms with E-state index in [2.05, 4.69) is 29.0 Å². The van der Waals surface area contributed by atoms with Gasteiger partial charge in [-0.2, -0.15) is 0 Å². The minimum absolute atomic E-state index is 0.164. The molecule has 0 aliphatic heterocycles. The predicted octanol–water partition coefficient (Wildman–Crippen LogP) is 5.10. The van der Waals surface area contributed by atoms with Gasteiger partial charge >= 0.3 is 5.97 Å². The highest BCUT2D eigenvalue weighted by Gasteiger charge is 2.29. The normalized spacial score (nSPS) is 13.3. The van der Waals surface area contributed by atoms with Crippen LogP contribution in [0, 0.1) is 0 Å². The Morgan fingerprint density at radius 1 is 0.886 bits per heavy atom. The fourth-order valence-electron chi connectivity index (χ4n) is 5.12. The first-order chi connectivity index (χ1) is 21.3. The lowest BCUT2D eigenvalue weighted by Gasteiger charge is -2.34. The van der Waals surface area contributed by atoms with Crippen LogP contribution in [0.15, 0.2) is 91.0 Å². The first-order valence-electron chi connectivity index (χ1n) is 14.9. The minimum Gasteiger partial charge on any atom is -0.755 e. The number of esters is 1. The number of nitrogens with one attached hydrogen (secondary N) is 1. The summed E-state index contributed by atoms with van der Waals surface area (Å²) in [5.41, 5.74) is 3.27. The largest absolute Gasteiger partial charge is 0.755 e. The van der Waals surface area contributed by atoms with E-state index in [1.165, 1.54) is 0 Å². The second-order valence-electron chi connectivity index (χ2n) is 10.4. The van der Waals surface area contributed by atoms with Crippen LogP contribution in [0.4, 0.5) is 5.82 Å². The highest BCUT2D eigenvalue weighted by Crippen LogP contribution is 2.31. The zero-order valence-electron chi connectivity index (χ0n) is 25.3. The van der Waals surface area contributed by atoms with Gasteiger partial charge in [0.1, 0.15) is 11.9 Å². The van der Waals surface area contributed by atoms with Crippen LogP contribution in [-0.2, 0) is 38.6 Å². The standard InChI is InChI=1S/C34H40N4O5S/c1-4-37(5-2)24-26-18-16-25(17-19-26)22-30(34(40)43-6-3)36-33(39)23-31(28-13-8-7-9-14-28)38(44(41)42)32-21-20-27-12-10-11-15-29(27)35-32/h7-21,30-31H,4-6,22-24H2,1-3H3,(H,36,39)(H,41,42)/p-1. The molecule has 0 bridgehead atoms. The second kappa shape index (κ2) is 16.1. The smallest absolute Gasteiger partial charge is 0.328 e. The van der Waals surface area contributed by atoms with Crippen LogP contribution < -0.4 is 9.62 Å². The highest BCUT2D eigenvalue weighted by molar-refractivity contribution is 7.80. The van der Waals surface area contributed by atoms with Crippen molar-refractivity contribution in [2.75, 3.05) is 24.0 Å². The molecule has 232 valence electrons. The molecule has 4 rings (SSSR count). The number of para-hydroxylation sites is 1. The molecule has 3 atom stereocenters. The Morgan fingerprint density at radius 3 is 2.20 bits per heavy atom. The number of benzene rings is 3. The van der Waals surface area contributed by atoms with Gasteiger partial charge in [-0.05, 0) is 54.9 Å². The first kappa shape index (κ1) is 32.8. The summed E-state index contributed by atoms with van der Waals surface area (Å²) >= 11 is -2.76. The molecule has 4 aromatic rings. The van der Waals surface area contributed by atoms with E-state index in [9.17, 15) is 18.4 Å². The first-order valence-corrected chi connectivity index (χ1v) is 15.9. The van der Waals surface area contributed by atoms with Crippen molar-refractivity contribution in [2.45, 2.75) is 52.2 Å². The van der Waals surface area contributed by atoms with Gasteiger partial charge in [-0.1, -0.05) is 86.6 Å². The van der Waals surface area contributed by atoms with E-state index >= 15 is 0 Å². The van der Waals surface area contributed by atoms with Crippen LogP contribution in [0.25, 0.3) is 10.9 Å². The number of nitrogens with zero attached hydrogens (tertiary/aromatic N) is 3. The molecular formula is C34H39N4O5S-. The molecule has 44 heavy (non-hydrogen) atoms. The Labute approximate surface area is 261 Å². The molecule has 0 radical (unpaired) electrons. The van der Waals surface area contributed by atoms with Crippen molar-refractivity contribution in [1.29, 1.82) is 0 Å². The van der Waals surface area contributed by atoms with E-state index in [4.69, 9.17) is 4.74 Å². The third-order valence-corrected chi connectivity index (χ3v) is 8.25. The summed E-state index contributed by atoms with van der Waals surface area (Å²) in [5, 5.41) is 3.68. The molecule has 3 aromatic carbocycles. The van der Waals surface area contributed by atoms with Crippen molar-refractivity contribution < 1.29 is 23.1 Å². The van der Waals surface area contributed by atoms with Crippen molar-refractivity contribution in [3.63, 3.8) is 0 Å². The second-order valence-corrected chi connectivity index (χ2v) is 11.2. The summed E-state index contributed by atoms with van der Waals surface area (Å²) in [7, 11) is 0. The molecule has 0 aliphatic rings. The van der Waals surface area contributed by atoms with E-state index < -0.39 is 35.2 Å². The van der Waals surface area contributed by atoms with Crippen LogP contribution in [0.1, 0.15) is 49.9 Å². The Kier molecular flexibility index (Phi) is 12.0. The number of anilines is 1. The van der Waals surface area contributed by atoms with Crippen LogP contribution >= 0.6 is 0 Å². The molecule has 0 saturated heterocycles. The molecule has 3 unspecified atom stereocenters. The van der Waals surface area contributed by atoms with Gasteiger partial charge < -0.3 is 14.6 Å². The number of pyridine rings is 1. The van der Waals surface area contributed by atoms with Crippen LogP contribution in [-0.4, -0.2) is 56.3 Å². The summed E-state index contributed by atoms with van der Waals surface area (Å²) in [5.74, 6) is -0.860. The average Bonchev–Trinajstić information content (AvgIpc) is 3.04. The highest BCUT2D eigenvalue weighted by atomic mass is 32.2. The van der Waals surface area contributed by atoms with Crippen molar-refractivity contribution in [3.05, 3.63) is 108 Å². The lowest BCUT2D eigenvalue weighted by Crippen LogP contribution is -2.45. The minimum atomic E-state index is -2.76. The molecule has 1 heterocycles. The number of rotatable bonds is 15. The maximum Gasteiger partial charge on any atom is 0.328 e. The van der Waals surface area contributed by atoms with E-state index in [1.54, 1.807) is 49.4 Å². The number of amides is 1. The van der Waals surface area contributed by atoms with Gasteiger partial charge in [-0.25, -0.2) is 9.78 Å². The summed E-state index contributed by atoms with van der Waals surface area (Å²) in [6, 6.07) is 25.8. The molecule has 9 nitrogen and oxygen atoms in total. The lowest BCUT2D eigenvalue weighted by molar-refractivity contribution is -0.147. The average molecular weight is 616 g/mol. The van der Waals surface area contributed by atoms with E-state index in [-0.39, 0.29) is 25.3 Å². The number of carbonyl (C=O) groups is 2. The summed E-state index contributed by atoms with van der Waals surface area (Å²) < 4.78 is 31.8. The van der Waals surface area contributed by atoms with Crippen molar-refractivity contribution in [2.24, 2.45) is 0 Å². The molecule has 1 N–H and O–H groups in total. The Balaban J connectivity index is 1.57. The molecule has 0 saturated carbocycles. The quantitative estimate of drug-likeness (QED) is 0.146. The number of hydrogen-bond donors (Lipinski definition) is 1. The van der Waals surface area contributed by atoms with Gasteiger partial charge in [0.05, 0.1) is 24.6 Å². The number of aromatic nitrogens is 1. The number of carbonyl (C=O) groups excluding carboxylic acids is 2. The zero-order valence-corrected chi connectivity index (χ0v) is 26.2. The lowest BCUT2D eigenvalue weighted by atomic mass is 10.0. The Bertz CT molecular complexity index is 1550. The monoisotopic (exact) mass is 615 g/mol. The van der Waals surface area contributed by atoms with Crippen LogP contribution in [0.2, 0.25) is 0 Å². The molecular weight excluding hydrogens is 576 g/mol. The number of ether oxygens (including phenoxy) is 1. The Morgan fingerprint density at radius 2 is 1.55 bits per heavy atom. The van der Waals surface area contributed by atoms with Crippen molar-refractivity contribution in [3.8, 4) is 0 Å². The fraction of sp³-hybridized carbons (Fsp3) is 0.324. The fourth-order valence-corrected chi connectivity index (χ4v) is 5.77. The summed E-state index contributed by atoms with van der Waals surface area (Å²) in [6.45, 7) is 8.86. The van der Waals surface area contributed by atoms with Crippen LogP contribution in [0.3, 0.4) is 0 Å². The van der Waals surface area contributed by atoms with Gasteiger partial charge in [0, 0.05) is 29.6 Å². The molecule has 1 aromatic heterocycles. The summed E-state index contributed by atoms with van der Waals surface area (Å²) in [4.78, 5) is 33.4. The van der Waals surface area contributed by atoms with E-state index in [0.29, 0.717) is 11.1 Å². The Hall–Kier alpha value is -4.12. The van der Waals surface area contributed by atoms with Crippen LogP contribution in [0.5, 0.6) is 0 Å². The molecule has 10 heteroatoms. The van der Waals surface area contributed by atoms with Crippen molar-refractivity contribution >= 4 is 39.9 Å². The van der Waals surface area contributed by atoms with Gasteiger partial charge in [-0.3, -0.25) is 18.2 Å². The molecule has 0 spiro atoms. The number of fused-ring (bicyclic) bond motifs is 1. The van der Waals surface area contributed by atoms with E-state index in [1.807, 2.05) is 48.5 Å². The van der Waals surface area contributed by atoms with Gasteiger partial charge in [0.15, 0.2) is 0 Å². The zero-order chi connectivity index (χ0) is 31.5. The maximum atomic E-state index is 13.6.